The molecule has 7 heteroatoms. The third kappa shape index (κ3) is 3.08. The molecule has 2 aromatic carbocycles. The van der Waals surface area contributed by atoms with E-state index in [2.05, 4.69) is 11.4 Å². The number of rotatable bonds is 2. The van der Waals surface area contributed by atoms with Crippen LogP contribution in [0.4, 0.5) is 10.5 Å². The number of carbonyl (C=O) groups excluding carboxylic acids is 1. The lowest BCUT2D eigenvalue weighted by Gasteiger charge is -2.24. The van der Waals surface area contributed by atoms with E-state index in [0.29, 0.717) is 17.8 Å². The minimum Gasteiger partial charge on any atom is -0.454 e. The first-order valence-corrected chi connectivity index (χ1v) is 8.88. The number of thioether (sulfide) groups is 1. The van der Waals surface area contributed by atoms with E-state index in [1.54, 1.807) is 40.9 Å². The van der Waals surface area contributed by atoms with Gasteiger partial charge >= 0.3 is 6.03 Å². The van der Waals surface area contributed by atoms with Gasteiger partial charge in [-0.15, -0.1) is 11.8 Å². The molecule has 2 heterocycles. The highest BCUT2D eigenvalue weighted by Crippen LogP contribution is 2.42. The third-order valence-corrected chi connectivity index (χ3v) is 5.36. The topological polar surface area (TPSA) is 74.6 Å². The number of anilines is 1. The number of benzene rings is 2. The van der Waals surface area contributed by atoms with Gasteiger partial charge in [0.05, 0.1) is 11.6 Å². The number of carbonyl (C=O) groups is 1. The van der Waals surface area contributed by atoms with Gasteiger partial charge in [-0.25, -0.2) is 4.79 Å². The largest absolute Gasteiger partial charge is 0.454 e. The number of nitriles is 1. The van der Waals surface area contributed by atoms with Crippen molar-refractivity contribution in [3.05, 3.63) is 53.6 Å². The van der Waals surface area contributed by atoms with Crippen molar-refractivity contribution in [1.82, 2.24) is 4.90 Å². The average molecular weight is 353 g/mol. The molecule has 0 radical (unpaired) electrons. The van der Waals surface area contributed by atoms with Gasteiger partial charge in [0.25, 0.3) is 0 Å². The molecule has 0 spiro atoms. The molecule has 2 aromatic rings. The summed E-state index contributed by atoms with van der Waals surface area (Å²) in [6.07, 6.45) is 0. The highest BCUT2D eigenvalue weighted by Gasteiger charge is 2.31. The van der Waals surface area contributed by atoms with Crippen LogP contribution in [-0.4, -0.2) is 30.0 Å². The first kappa shape index (κ1) is 15.7. The molecule has 2 aliphatic heterocycles. The number of amides is 2. The standard InChI is InChI=1S/C18H15N3O3S/c19-10-12-1-4-14(5-2-12)20-18(22)21-7-8-25-17(21)13-3-6-15-16(9-13)24-11-23-15/h1-6,9,17H,7-8,11H2,(H,20,22). The van der Waals surface area contributed by atoms with Gasteiger partial charge in [0.2, 0.25) is 6.79 Å². The Bertz CT molecular complexity index is 848. The SMILES string of the molecule is N#Cc1ccc(NC(=O)N2CCSC2c2ccc3c(c2)OCO3)cc1. The quantitative estimate of drug-likeness (QED) is 0.893. The Balaban J connectivity index is 1.50. The number of nitrogens with zero attached hydrogens (tertiary/aromatic N) is 2. The maximum atomic E-state index is 12.7. The molecule has 0 saturated carbocycles. The highest BCUT2D eigenvalue weighted by atomic mass is 32.2. The summed E-state index contributed by atoms with van der Waals surface area (Å²) in [5.74, 6) is 2.33. The van der Waals surface area contributed by atoms with Crippen LogP contribution in [-0.2, 0) is 0 Å². The molecule has 1 fully saturated rings. The van der Waals surface area contributed by atoms with Crippen molar-refractivity contribution < 1.29 is 14.3 Å². The van der Waals surface area contributed by atoms with Crippen LogP contribution in [0.15, 0.2) is 42.5 Å². The van der Waals surface area contributed by atoms with Crippen molar-refractivity contribution in [1.29, 1.82) is 5.26 Å². The summed E-state index contributed by atoms with van der Waals surface area (Å²) >= 11 is 1.72. The van der Waals surface area contributed by atoms with Crippen molar-refractivity contribution >= 4 is 23.5 Å². The van der Waals surface area contributed by atoms with Gasteiger partial charge in [0.15, 0.2) is 11.5 Å². The zero-order valence-corrected chi connectivity index (χ0v) is 14.1. The summed E-state index contributed by atoms with van der Waals surface area (Å²) in [4.78, 5) is 14.5. The second-order valence-electron chi connectivity index (χ2n) is 5.65. The Hall–Kier alpha value is -2.85. The van der Waals surface area contributed by atoms with E-state index in [9.17, 15) is 4.79 Å². The summed E-state index contributed by atoms with van der Waals surface area (Å²) in [6, 6.07) is 14.5. The Labute approximate surface area is 149 Å². The summed E-state index contributed by atoms with van der Waals surface area (Å²) in [5, 5.41) is 11.7. The molecule has 25 heavy (non-hydrogen) atoms. The lowest BCUT2D eigenvalue weighted by Crippen LogP contribution is -2.34. The summed E-state index contributed by atoms with van der Waals surface area (Å²) in [5.41, 5.74) is 2.25. The average Bonchev–Trinajstić information content (AvgIpc) is 3.30. The predicted molar refractivity (Wildman–Crippen MR) is 94.6 cm³/mol. The fraction of sp³-hybridized carbons (Fsp3) is 0.222. The molecule has 4 rings (SSSR count). The van der Waals surface area contributed by atoms with Crippen molar-refractivity contribution in [3.8, 4) is 17.6 Å². The Morgan fingerprint density at radius 2 is 2.00 bits per heavy atom. The predicted octanol–water partition coefficient (Wildman–Crippen LogP) is 3.57. The fourth-order valence-corrected chi connectivity index (χ4v) is 4.09. The van der Waals surface area contributed by atoms with Gasteiger partial charge in [0, 0.05) is 18.0 Å². The minimum absolute atomic E-state index is 0.0621. The molecule has 0 aliphatic carbocycles. The molecule has 2 aliphatic rings. The van der Waals surface area contributed by atoms with E-state index in [1.165, 1.54) is 0 Å². The molecule has 0 bridgehead atoms. The van der Waals surface area contributed by atoms with Crippen LogP contribution in [0, 0.1) is 11.3 Å². The Morgan fingerprint density at radius 1 is 1.20 bits per heavy atom. The maximum Gasteiger partial charge on any atom is 0.323 e. The van der Waals surface area contributed by atoms with Crippen LogP contribution in [0.25, 0.3) is 0 Å². The minimum atomic E-state index is -0.155. The third-order valence-electron chi connectivity index (χ3n) is 4.10. The molecule has 1 N–H and O–H groups in total. The van der Waals surface area contributed by atoms with Crippen molar-refractivity contribution in [2.45, 2.75) is 5.37 Å². The first-order valence-electron chi connectivity index (χ1n) is 7.83. The van der Waals surface area contributed by atoms with Gasteiger partial charge in [-0.1, -0.05) is 6.07 Å². The number of nitrogens with one attached hydrogen (secondary N) is 1. The van der Waals surface area contributed by atoms with Crippen molar-refractivity contribution in [2.75, 3.05) is 24.4 Å². The van der Waals surface area contributed by atoms with Crippen LogP contribution in [0.5, 0.6) is 11.5 Å². The van der Waals surface area contributed by atoms with Crippen LogP contribution in [0.2, 0.25) is 0 Å². The second-order valence-corrected chi connectivity index (χ2v) is 6.84. The molecular weight excluding hydrogens is 338 g/mol. The van der Waals surface area contributed by atoms with Crippen LogP contribution in [0.3, 0.4) is 0 Å². The zero-order valence-electron chi connectivity index (χ0n) is 13.3. The molecular formula is C18H15N3O3S. The summed E-state index contributed by atoms with van der Waals surface area (Å²) in [7, 11) is 0. The van der Waals surface area contributed by atoms with E-state index >= 15 is 0 Å². The van der Waals surface area contributed by atoms with E-state index < -0.39 is 0 Å². The molecule has 0 aromatic heterocycles. The highest BCUT2D eigenvalue weighted by molar-refractivity contribution is 7.99. The number of hydrogen-bond acceptors (Lipinski definition) is 5. The monoisotopic (exact) mass is 353 g/mol. The van der Waals surface area contributed by atoms with Crippen LogP contribution in [0.1, 0.15) is 16.5 Å². The van der Waals surface area contributed by atoms with E-state index in [4.69, 9.17) is 14.7 Å². The number of fused-ring (bicyclic) bond motifs is 1. The van der Waals surface area contributed by atoms with Gasteiger partial charge in [-0.05, 0) is 42.0 Å². The maximum absolute atomic E-state index is 12.7. The van der Waals surface area contributed by atoms with Crippen LogP contribution >= 0.6 is 11.8 Å². The van der Waals surface area contributed by atoms with Gasteiger partial charge in [-0.2, -0.15) is 5.26 Å². The zero-order chi connectivity index (χ0) is 17.2. The molecule has 1 saturated heterocycles. The van der Waals surface area contributed by atoms with Gasteiger partial charge < -0.3 is 19.7 Å². The lowest BCUT2D eigenvalue weighted by molar-refractivity contribution is 0.174. The Kier molecular flexibility index (Phi) is 4.12. The number of ether oxygens (including phenoxy) is 2. The Morgan fingerprint density at radius 3 is 2.80 bits per heavy atom. The van der Waals surface area contributed by atoms with Crippen LogP contribution < -0.4 is 14.8 Å². The van der Waals surface area contributed by atoms with E-state index in [-0.39, 0.29) is 18.2 Å². The molecule has 6 nitrogen and oxygen atoms in total. The van der Waals surface area contributed by atoms with E-state index in [1.807, 2.05) is 18.2 Å². The second kappa shape index (κ2) is 6.57. The number of hydrogen-bond donors (Lipinski definition) is 1. The number of urea groups is 1. The summed E-state index contributed by atoms with van der Waals surface area (Å²) < 4.78 is 10.8. The molecule has 126 valence electrons. The fourth-order valence-electron chi connectivity index (χ4n) is 2.84. The lowest BCUT2D eigenvalue weighted by atomic mass is 10.2. The van der Waals surface area contributed by atoms with Gasteiger partial charge in [0.1, 0.15) is 5.37 Å². The molecule has 2 amide bonds. The normalized spacial score (nSPS) is 18.0. The summed E-state index contributed by atoms with van der Waals surface area (Å²) in [6.45, 7) is 0.908. The van der Waals surface area contributed by atoms with Crippen molar-refractivity contribution in [2.24, 2.45) is 0 Å². The smallest absolute Gasteiger partial charge is 0.323 e. The van der Waals surface area contributed by atoms with E-state index in [0.717, 1.165) is 22.8 Å². The molecule has 1 unspecified atom stereocenters. The first-order chi connectivity index (χ1) is 12.2. The van der Waals surface area contributed by atoms with Gasteiger partial charge in [-0.3, -0.25) is 0 Å². The molecule has 1 atom stereocenters. The van der Waals surface area contributed by atoms with Crippen molar-refractivity contribution in [3.63, 3.8) is 0 Å².